The lowest BCUT2D eigenvalue weighted by atomic mass is 10.2. The highest BCUT2D eigenvalue weighted by Crippen LogP contribution is 2.14. The minimum Gasteiger partial charge on any atom is -0.290 e. The van der Waals surface area contributed by atoms with Crippen LogP contribution in [0.2, 0.25) is 0 Å². The number of aryl methyl sites for hydroxylation is 1. The third-order valence-electron chi connectivity index (χ3n) is 2.83. The Morgan fingerprint density at radius 3 is 2.74 bits per heavy atom. The molecule has 5 nitrogen and oxygen atoms in total. The Kier molecular flexibility index (Phi) is 2.79. The smallest absolute Gasteiger partial charge is 0.290 e. The van der Waals surface area contributed by atoms with Crippen molar-refractivity contribution in [2.45, 2.75) is 13.5 Å². The Morgan fingerprint density at radius 1 is 1.26 bits per heavy atom. The molecule has 3 aromatic rings. The van der Waals surface area contributed by atoms with Gasteiger partial charge >= 0.3 is 5.69 Å². The third kappa shape index (κ3) is 2.10. The molecule has 0 bridgehead atoms. The molecule has 0 aliphatic rings. The van der Waals surface area contributed by atoms with Gasteiger partial charge in [-0.25, -0.2) is 9.78 Å². The minimum atomic E-state index is -0.424. The van der Waals surface area contributed by atoms with E-state index in [0.29, 0.717) is 10.3 Å². The molecule has 6 heteroatoms. The lowest BCUT2D eigenvalue weighted by Crippen LogP contribution is -2.34. The second-order valence-electron chi connectivity index (χ2n) is 4.22. The molecule has 96 valence electrons. The number of H-pyrrole nitrogens is 1. The number of aromatic nitrogens is 3. The van der Waals surface area contributed by atoms with Gasteiger partial charge in [0.25, 0.3) is 5.56 Å². The molecule has 0 aliphatic carbocycles. The molecule has 0 saturated carbocycles. The number of hydrogen-bond acceptors (Lipinski definition) is 4. The number of nitrogens with one attached hydrogen (secondary N) is 1. The molecule has 0 atom stereocenters. The van der Waals surface area contributed by atoms with E-state index in [9.17, 15) is 9.59 Å². The summed E-state index contributed by atoms with van der Waals surface area (Å²) in [5.41, 5.74) is 0.581. The van der Waals surface area contributed by atoms with Gasteiger partial charge in [-0.15, -0.1) is 11.3 Å². The Labute approximate surface area is 112 Å². The van der Waals surface area contributed by atoms with E-state index in [1.54, 1.807) is 0 Å². The quantitative estimate of drug-likeness (QED) is 0.769. The van der Waals surface area contributed by atoms with Crippen LogP contribution < -0.4 is 11.2 Å². The van der Waals surface area contributed by atoms with E-state index < -0.39 is 5.69 Å². The van der Waals surface area contributed by atoms with Crippen molar-refractivity contribution in [3.63, 3.8) is 0 Å². The van der Waals surface area contributed by atoms with Gasteiger partial charge in [0.1, 0.15) is 4.70 Å². The molecular weight excluding hydrogens is 262 g/mol. The van der Waals surface area contributed by atoms with Crippen molar-refractivity contribution in [1.82, 2.24) is 14.5 Å². The molecule has 0 saturated heterocycles. The van der Waals surface area contributed by atoms with Gasteiger partial charge < -0.3 is 0 Å². The van der Waals surface area contributed by atoms with Crippen LogP contribution in [0.15, 0.2) is 39.9 Å². The van der Waals surface area contributed by atoms with E-state index in [2.05, 4.69) is 9.97 Å². The van der Waals surface area contributed by atoms with Gasteiger partial charge in [0, 0.05) is 0 Å². The summed E-state index contributed by atoms with van der Waals surface area (Å²) < 4.78 is 1.70. The fourth-order valence-electron chi connectivity index (χ4n) is 1.95. The van der Waals surface area contributed by atoms with Crippen LogP contribution in [0.4, 0.5) is 0 Å². The molecule has 1 aromatic carbocycles. The Bertz CT molecular complexity index is 846. The monoisotopic (exact) mass is 273 g/mol. The first-order chi connectivity index (χ1) is 9.15. The van der Waals surface area contributed by atoms with E-state index in [1.807, 2.05) is 37.3 Å². The van der Waals surface area contributed by atoms with E-state index in [4.69, 9.17) is 0 Å². The van der Waals surface area contributed by atoms with Crippen LogP contribution in [0.25, 0.3) is 10.3 Å². The number of rotatable bonds is 2. The van der Waals surface area contributed by atoms with Crippen molar-refractivity contribution in [1.29, 1.82) is 0 Å². The maximum atomic E-state index is 12.3. The summed E-state index contributed by atoms with van der Waals surface area (Å²) in [5.74, 6) is 0. The molecule has 0 spiro atoms. The maximum Gasteiger partial charge on any atom is 0.330 e. The van der Waals surface area contributed by atoms with Gasteiger partial charge in [0.15, 0.2) is 5.65 Å². The summed E-state index contributed by atoms with van der Waals surface area (Å²) in [7, 11) is 0. The van der Waals surface area contributed by atoms with Crippen molar-refractivity contribution in [3.05, 3.63) is 61.7 Å². The second-order valence-corrected chi connectivity index (χ2v) is 5.42. The highest BCUT2D eigenvalue weighted by atomic mass is 32.1. The summed E-state index contributed by atoms with van der Waals surface area (Å²) in [6.45, 7) is 2.08. The predicted octanol–water partition coefficient (Wildman–Crippen LogP) is 1.50. The van der Waals surface area contributed by atoms with E-state index in [1.165, 1.54) is 15.9 Å². The Hall–Kier alpha value is -2.21. The van der Waals surface area contributed by atoms with Gasteiger partial charge in [-0.3, -0.25) is 14.3 Å². The largest absolute Gasteiger partial charge is 0.330 e. The van der Waals surface area contributed by atoms with Crippen LogP contribution in [-0.2, 0) is 6.54 Å². The lowest BCUT2D eigenvalue weighted by molar-refractivity contribution is 0.712. The number of benzene rings is 1. The standard InChI is InChI=1S/C13H11N3O2S/c1-8-14-11-10(19-8)12(17)16(13(18)15-11)7-9-5-3-2-4-6-9/h2-6H,7H2,1H3,(H,15,18). The van der Waals surface area contributed by atoms with Crippen LogP contribution in [0.5, 0.6) is 0 Å². The molecule has 3 rings (SSSR count). The number of nitrogens with zero attached hydrogens (tertiary/aromatic N) is 2. The van der Waals surface area contributed by atoms with Crippen LogP contribution in [-0.4, -0.2) is 14.5 Å². The van der Waals surface area contributed by atoms with Crippen molar-refractivity contribution in [3.8, 4) is 0 Å². The van der Waals surface area contributed by atoms with Crippen LogP contribution in [0, 0.1) is 6.92 Å². The van der Waals surface area contributed by atoms with Crippen LogP contribution >= 0.6 is 11.3 Å². The van der Waals surface area contributed by atoms with Crippen LogP contribution in [0.3, 0.4) is 0 Å². The number of fused-ring (bicyclic) bond motifs is 1. The van der Waals surface area contributed by atoms with Crippen molar-refractivity contribution in [2.75, 3.05) is 0 Å². The molecule has 0 radical (unpaired) electrons. The molecule has 1 N–H and O–H groups in total. The normalized spacial score (nSPS) is 11.0. The van der Waals surface area contributed by atoms with Gasteiger partial charge in [0.2, 0.25) is 0 Å². The molecule has 0 amide bonds. The van der Waals surface area contributed by atoms with Crippen LogP contribution in [0.1, 0.15) is 10.6 Å². The third-order valence-corrected chi connectivity index (χ3v) is 3.79. The Morgan fingerprint density at radius 2 is 2.00 bits per heavy atom. The van der Waals surface area contributed by atoms with E-state index >= 15 is 0 Å². The average molecular weight is 273 g/mol. The number of thiazole rings is 1. The molecule has 2 heterocycles. The fraction of sp³-hybridized carbons (Fsp3) is 0.154. The zero-order chi connectivity index (χ0) is 13.4. The first-order valence-electron chi connectivity index (χ1n) is 5.79. The van der Waals surface area contributed by atoms with Gasteiger partial charge in [-0.2, -0.15) is 0 Å². The minimum absolute atomic E-state index is 0.266. The molecular formula is C13H11N3O2S. The number of aromatic amines is 1. The summed E-state index contributed by atoms with van der Waals surface area (Å²) >= 11 is 1.30. The summed E-state index contributed by atoms with van der Waals surface area (Å²) in [6, 6.07) is 9.42. The van der Waals surface area contributed by atoms with Crippen molar-refractivity contribution in [2.24, 2.45) is 0 Å². The summed E-state index contributed by atoms with van der Waals surface area (Å²) in [5, 5.41) is 0.764. The first kappa shape index (κ1) is 11.9. The molecule has 2 aromatic heterocycles. The summed E-state index contributed by atoms with van der Waals surface area (Å²) in [4.78, 5) is 31.0. The van der Waals surface area contributed by atoms with E-state index in [-0.39, 0.29) is 12.1 Å². The first-order valence-corrected chi connectivity index (χ1v) is 6.61. The topological polar surface area (TPSA) is 67.8 Å². The molecule has 0 fully saturated rings. The maximum absolute atomic E-state index is 12.3. The van der Waals surface area contributed by atoms with Crippen molar-refractivity contribution < 1.29 is 0 Å². The highest BCUT2D eigenvalue weighted by Gasteiger charge is 2.11. The zero-order valence-corrected chi connectivity index (χ0v) is 11.0. The lowest BCUT2D eigenvalue weighted by Gasteiger charge is -2.03. The highest BCUT2D eigenvalue weighted by molar-refractivity contribution is 7.18. The predicted molar refractivity (Wildman–Crippen MR) is 74.8 cm³/mol. The number of hydrogen-bond donors (Lipinski definition) is 1. The molecule has 0 unspecified atom stereocenters. The average Bonchev–Trinajstić information content (AvgIpc) is 2.76. The van der Waals surface area contributed by atoms with Gasteiger partial charge in [-0.1, -0.05) is 30.3 Å². The van der Waals surface area contributed by atoms with Crippen molar-refractivity contribution >= 4 is 21.7 Å². The van der Waals surface area contributed by atoms with E-state index in [0.717, 1.165) is 10.6 Å². The SMILES string of the molecule is Cc1nc2[nH]c(=O)n(Cc3ccccc3)c(=O)c2s1. The summed E-state index contributed by atoms with van der Waals surface area (Å²) in [6.07, 6.45) is 0. The Balaban J connectivity index is 2.19. The fourth-order valence-corrected chi connectivity index (χ4v) is 2.77. The second kappa shape index (κ2) is 4.47. The van der Waals surface area contributed by atoms with Gasteiger partial charge in [-0.05, 0) is 12.5 Å². The molecule has 0 aliphatic heterocycles. The molecule has 19 heavy (non-hydrogen) atoms. The van der Waals surface area contributed by atoms with Gasteiger partial charge in [0.05, 0.1) is 11.6 Å². The zero-order valence-electron chi connectivity index (χ0n) is 10.2.